The summed E-state index contributed by atoms with van der Waals surface area (Å²) < 4.78 is 12.0. The first-order valence-corrected chi connectivity index (χ1v) is 7.99. The zero-order valence-electron chi connectivity index (χ0n) is 12.3. The van der Waals surface area contributed by atoms with Gasteiger partial charge in [-0.1, -0.05) is 0 Å². The largest absolute Gasteiger partial charge is 0.438 e. The molecule has 1 spiro atoms. The molecule has 0 saturated carbocycles. The van der Waals surface area contributed by atoms with E-state index in [-0.39, 0.29) is 18.3 Å². The first kappa shape index (κ1) is 13.0. The van der Waals surface area contributed by atoms with Crippen molar-refractivity contribution >= 4 is 11.2 Å². The highest BCUT2D eigenvalue weighted by atomic mass is 16.5. The van der Waals surface area contributed by atoms with E-state index in [2.05, 4.69) is 14.9 Å². The number of aliphatic hydroxyl groups is 1. The van der Waals surface area contributed by atoms with Crippen LogP contribution in [0.15, 0.2) is 22.7 Å². The SMILES string of the molecule is OC[C@H]1[C@@H]2CC[C@@]3(CN(Cc4nc5ncccc5o4)C[C@@H]13)O2. The summed E-state index contributed by atoms with van der Waals surface area (Å²) in [6.07, 6.45) is 4.20. The van der Waals surface area contributed by atoms with Gasteiger partial charge in [-0.25, -0.2) is 4.98 Å². The van der Waals surface area contributed by atoms with Gasteiger partial charge in [0.2, 0.25) is 5.89 Å². The minimum absolute atomic E-state index is 0.0394. The molecule has 0 radical (unpaired) electrons. The second-order valence-electron chi connectivity index (χ2n) is 6.82. The fourth-order valence-electron chi connectivity index (χ4n) is 4.72. The molecular formula is C16H19N3O3. The summed E-state index contributed by atoms with van der Waals surface area (Å²) in [7, 11) is 0. The van der Waals surface area contributed by atoms with Crippen LogP contribution in [0.4, 0.5) is 0 Å². The van der Waals surface area contributed by atoms with Crippen LogP contribution in [-0.2, 0) is 11.3 Å². The van der Waals surface area contributed by atoms with Gasteiger partial charge in [-0.05, 0) is 25.0 Å². The highest BCUT2D eigenvalue weighted by Crippen LogP contribution is 2.54. The van der Waals surface area contributed by atoms with Gasteiger partial charge in [-0.15, -0.1) is 0 Å². The van der Waals surface area contributed by atoms with Crippen LogP contribution in [0.25, 0.3) is 11.2 Å². The molecule has 6 nitrogen and oxygen atoms in total. The Bertz CT molecular complexity index is 684. The minimum atomic E-state index is -0.0394. The van der Waals surface area contributed by atoms with Gasteiger partial charge in [0.05, 0.1) is 18.2 Å². The summed E-state index contributed by atoms with van der Waals surface area (Å²) in [4.78, 5) is 11.0. The average molecular weight is 301 g/mol. The van der Waals surface area contributed by atoms with Gasteiger partial charge in [0.1, 0.15) is 0 Å². The van der Waals surface area contributed by atoms with Crippen LogP contribution in [0, 0.1) is 11.8 Å². The molecule has 0 aromatic carbocycles. The summed E-state index contributed by atoms with van der Waals surface area (Å²) in [5.74, 6) is 1.45. The molecule has 3 aliphatic rings. The number of pyridine rings is 1. The van der Waals surface area contributed by atoms with Crippen LogP contribution in [-0.4, -0.2) is 51.4 Å². The average Bonchev–Trinajstić information content (AvgIpc) is 3.23. The third-order valence-corrected chi connectivity index (χ3v) is 5.63. The quantitative estimate of drug-likeness (QED) is 0.918. The number of aliphatic hydroxyl groups excluding tert-OH is 1. The van der Waals surface area contributed by atoms with Gasteiger partial charge in [0.15, 0.2) is 11.2 Å². The van der Waals surface area contributed by atoms with Gasteiger partial charge in [-0.3, -0.25) is 4.90 Å². The summed E-state index contributed by atoms with van der Waals surface area (Å²) in [5.41, 5.74) is 1.36. The highest BCUT2D eigenvalue weighted by Gasteiger charge is 2.62. The second kappa shape index (κ2) is 4.50. The summed E-state index contributed by atoms with van der Waals surface area (Å²) in [5, 5.41) is 9.67. The molecule has 6 heteroatoms. The Kier molecular flexibility index (Phi) is 2.66. The van der Waals surface area contributed by atoms with Crippen molar-refractivity contribution in [3.05, 3.63) is 24.2 Å². The smallest absolute Gasteiger partial charge is 0.211 e. The number of ether oxygens (including phenoxy) is 1. The van der Waals surface area contributed by atoms with Crippen LogP contribution in [0.1, 0.15) is 18.7 Å². The lowest BCUT2D eigenvalue weighted by Crippen LogP contribution is -2.37. The zero-order chi connectivity index (χ0) is 14.7. The van der Waals surface area contributed by atoms with Gasteiger partial charge >= 0.3 is 0 Å². The Hall–Kier alpha value is -1.50. The third kappa shape index (κ3) is 1.71. The van der Waals surface area contributed by atoms with Crippen molar-refractivity contribution < 1.29 is 14.3 Å². The second-order valence-corrected chi connectivity index (χ2v) is 6.82. The molecule has 1 N–H and O–H groups in total. The standard InChI is InChI=1S/C16H19N3O3/c20-8-10-11-6-19(9-16(11)4-3-12(10)22-16)7-14-18-15-13(21-14)2-1-5-17-15/h1-2,5,10-12,20H,3-4,6-9H2/t10-,11+,12+,16+/m1/s1. The van der Waals surface area contributed by atoms with Crippen molar-refractivity contribution in [1.82, 2.24) is 14.9 Å². The number of fused-ring (bicyclic) bond motifs is 2. The molecule has 0 aliphatic carbocycles. The van der Waals surface area contributed by atoms with Crippen molar-refractivity contribution in [2.75, 3.05) is 19.7 Å². The van der Waals surface area contributed by atoms with Crippen molar-refractivity contribution in [3.63, 3.8) is 0 Å². The van der Waals surface area contributed by atoms with Gasteiger partial charge in [-0.2, -0.15) is 4.98 Å². The first-order chi connectivity index (χ1) is 10.8. The van der Waals surface area contributed by atoms with Gasteiger partial charge < -0.3 is 14.3 Å². The number of hydrogen-bond donors (Lipinski definition) is 1. The Morgan fingerprint density at radius 1 is 1.45 bits per heavy atom. The number of rotatable bonds is 3. The molecular weight excluding hydrogens is 282 g/mol. The van der Waals surface area contributed by atoms with E-state index in [0.717, 1.165) is 31.5 Å². The maximum absolute atomic E-state index is 9.67. The van der Waals surface area contributed by atoms with E-state index in [0.29, 0.717) is 29.9 Å². The van der Waals surface area contributed by atoms with E-state index < -0.39 is 0 Å². The van der Waals surface area contributed by atoms with Crippen LogP contribution >= 0.6 is 0 Å². The van der Waals surface area contributed by atoms with E-state index in [1.54, 1.807) is 6.20 Å². The Balaban J connectivity index is 1.37. The number of likely N-dealkylation sites (tertiary alicyclic amines) is 1. The van der Waals surface area contributed by atoms with Crippen LogP contribution in [0.3, 0.4) is 0 Å². The molecule has 4 atom stereocenters. The molecule has 2 aromatic heterocycles. The highest BCUT2D eigenvalue weighted by molar-refractivity contribution is 5.66. The zero-order valence-corrected chi connectivity index (χ0v) is 12.3. The first-order valence-electron chi connectivity index (χ1n) is 7.99. The Morgan fingerprint density at radius 2 is 2.41 bits per heavy atom. The van der Waals surface area contributed by atoms with Crippen LogP contribution < -0.4 is 0 Å². The minimum Gasteiger partial charge on any atom is -0.438 e. The monoisotopic (exact) mass is 301 g/mol. The molecule has 2 bridgehead atoms. The predicted octanol–water partition coefficient (Wildman–Crippen LogP) is 1.19. The summed E-state index contributed by atoms with van der Waals surface area (Å²) in [6.45, 7) is 2.78. The number of nitrogens with zero attached hydrogens (tertiary/aromatic N) is 3. The van der Waals surface area contributed by atoms with Crippen molar-refractivity contribution in [2.24, 2.45) is 11.8 Å². The molecule has 116 valence electrons. The number of oxazole rings is 1. The molecule has 0 unspecified atom stereocenters. The van der Waals surface area contributed by atoms with Gasteiger partial charge in [0, 0.05) is 37.7 Å². The van der Waals surface area contributed by atoms with E-state index in [4.69, 9.17) is 9.15 Å². The molecule has 5 heterocycles. The molecule has 3 fully saturated rings. The van der Waals surface area contributed by atoms with E-state index >= 15 is 0 Å². The van der Waals surface area contributed by atoms with E-state index in [1.165, 1.54) is 0 Å². The summed E-state index contributed by atoms with van der Waals surface area (Å²) >= 11 is 0. The molecule has 5 rings (SSSR count). The van der Waals surface area contributed by atoms with Crippen molar-refractivity contribution in [3.8, 4) is 0 Å². The van der Waals surface area contributed by atoms with Crippen molar-refractivity contribution in [2.45, 2.75) is 31.1 Å². The molecule has 3 saturated heterocycles. The van der Waals surface area contributed by atoms with E-state index in [9.17, 15) is 5.11 Å². The fraction of sp³-hybridized carbons (Fsp3) is 0.625. The number of aromatic nitrogens is 2. The lowest BCUT2D eigenvalue weighted by atomic mass is 9.74. The Labute approximate surface area is 128 Å². The predicted molar refractivity (Wildman–Crippen MR) is 78.0 cm³/mol. The van der Waals surface area contributed by atoms with Crippen molar-refractivity contribution in [1.29, 1.82) is 0 Å². The topological polar surface area (TPSA) is 71.6 Å². The fourth-order valence-corrected chi connectivity index (χ4v) is 4.72. The van der Waals surface area contributed by atoms with Crippen LogP contribution in [0.5, 0.6) is 0 Å². The van der Waals surface area contributed by atoms with Crippen LogP contribution in [0.2, 0.25) is 0 Å². The molecule has 0 amide bonds. The third-order valence-electron chi connectivity index (χ3n) is 5.63. The van der Waals surface area contributed by atoms with Gasteiger partial charge in [0.25, 0.3) is 0 Å². The lowest BCUT2D eigenvalue weighted by molar-refractivity contribution is -0.000164. The van der Waals surface area contributed by atoms with E-state index in [1.807, 2.05) is 12.1 Å². The summed E-state index contributed by atoms with van der Waals surface area (Å²) in [6, 6.07) is 3.75. The molecule has 2 aromatic rings. The normalized spacial score (nSPS) is 37.2. The molecule has 3 aliphatic heterocycles. The molecule has 22 heavy (non-hydrogen) atoms. The number of hydrogen-bond acceptors (Lipinski definition) is 6. The maximum atomic E-state index is 9.67. The maximum Gasteiger partial charge on any atom is 0.211 e. The Morgan fingerprint density at radius 3 is 3.27 bits per heavy atom. The lowest BCUT2D eigenvalue weighted by Gasteiger charge is -2.28.